The number of aromatic nitrogens is 2. The lowest BCUT2D eigenvalue weighted by atomic mass is 10.3. The van der Waals surface area contributed by atoms with Gasteiger partial charge < -0.3 is 15.4 Å². The van der Waals surface area contributed by atoms with Gasteiger partial charge in [0.15, 0.2) is 5.69 Å². The quantitative estimate of drug-likeness (QED) is 0.529. The molecule has 1 heterocycles. The molecular weight excluding hydrogens is 435 g/mol. The minimum absolute atomic E-state index is 0.0487. The predicted molar refractivity (Wildman–Crippen MR) is 117 cm³/mol. The van der Waals surface area contributed by atoms with E-state index in [0.29, 0.717) is 17.9 Å². The molecule has 2 aromatic rings. The number of aromatic amines is 1. The van der Waals surface area contributed by atoms with Crippen LogP contribution < -0.4 is 21.9 Å². The summed E-state index contributed by atoms with van der Waals surface area (Å²) in [7, 11) is 1.47. The molecule has 0 fully saturated rings. The second-order valence-electron chi connectivity index (χ2n) is 6.40. The summed E-state index contributed by atoms with van der Waals surface area (Å²) in [4.78, 5) is 41.6. The van der Waals surface area contributed by atoms with E-state index in [0.717, 1.165) is 18.2 Å². The molecule has 0 spiro atoms. The van der Waals surface area contributed by atoms with Gasteiger partial charge in [0.1, 0.15) is 11.6 Å². The highest BCUT2D eigenvalue weighted by molar-refractivity contribution is 8.00. The third-order valence-electron chi connectivity index (χ3n) is 4.29. The zero-order chi connectivity index (χ0) is 22.3. The average molecular weight is 459 g/mol. The Labute approximate surface area is 182 Å². The number of unbranched alkanes of at least 4 members (excludes halogenated alkanes) is 1. The number of benzene rings is 1. The summed E-state index contributed by atoms with van der Waals surface area (Å²) >= 11 is 6.91. The van der Waals surface area contributed by atoms with Crippen molar-refractivity contribution in [2.45, 2.75) is 31.2 Å². The SMILES string of the molecule is CCCCn1c(N)c(N(CCOC)C(=O)CSc2ccc(F)c(Cl)c2)c(=O)[nH]c1=O. The van der Waals surface area contributed by atoms with Gasteiger partial charge in [0.05, 0.1) is 17.4 Å². The molecule has 1 aromatic heterocycles. The standard InChI is InChI=1S/C19H24ClFN4O4S/c1-3-4-7-25-17(22)16(18(27)23-19(25)28)24(8-9-29-2)15(26)11-30-12-5-6-14(21)13(20)10-12/h5-6,10H,3-4,7-9,11,22H2,1-2H3,(H,23,27,28). The van der Waals surface area contributed by atoms with Gasteiger partial charge in [-0.05, 0) is 24.6 Å². The van der Waals surface area contributed by atoms with Crippen molar-refractivity contribution in [3.63, 3.8) is 0 Å². The number of carbonyl (C=O) groups is 1. The number of thioether (sulfide) groups is 1. The summed E-state index contributed by atoms with van der Waals surface area (Å²) in [5.74, 6) is -1.10. The first kappa shape index (κ1) is 24.0. The molecular formula is C19H24ClFN4O4S. The number of nitrogen functional groups attached to an aromatic ring is 1. The third kappa shape index (κ3) is 5.87. The Morgan fingerprint density at radius 2 is 2.13 bits per heavy atom. The number of nitrogens with zero attached hydrogens (tertiary/aromatic N) is 2. The Kier molecular flexibility index (Phi) is 8.94. The van der Waals surface area contributed by atoms with E-state index in [2.05, 4.69) is 4.98 Å². The molecule has 8 nitrogen and oxygen atoms in total. The highest BCUT2D eigenvalue weighted by atomic mass is 35.5. The lowest BCUT2D eigenvalue weighted by Crippen LogP contribution is -2.43. The fourth-order valence-electron chi connectivity index (χ4n) is 2.71. The van der Waals surface area contributed by atoms with Crippen molar-refractivity contribution < 1.29 is 13.9 Å². The molecule has 0 unspecified atom stereocenters. The number of nitrogens with two attached hydrogens (primary N) is 1. The molecule has 2 rings (SSSR count). The van der Waals surface area contributed by atoms with Gasteiger partial charge in [-0.1, -0.05) is 24.9 Å². The van der Waals surface area contributed by atoms with Gasteiger partial charge in [-0.3, -0.25) is 19.1 Å². The third-order valence-corrected chi connectivity index (χ3v) is 5.56. The van der Waals surface area contributed by atoms with Crippen LogP contribution in [0.3, 0.4) is 0 Å². The molecule has 0 aliphatic rings. The number of H-pyrrole nitrogens is 1. The van der Waals surface area contributed by atoms with E-state index in [-0.39, 0.29) is 35.4 Å². The van der Waals surface area contributed by atoms with Gasteiger partial charge in [-0.15, -0.1) is 11.8 Å². The number of anilines is 2. The summed E-state index contributed by atoms with van der Waals surface area (Å²) in [6, 6.07) is 4.13. The van der Waals surface area contributed by atoms with Crippen LogP contribution in [0.2, 0.25) is 5.02 Å². The maximum absolute atomic E-state index is 13.3. The van der Waals surface area contributed by atoms with E-state index < -0.39 is 23.0 Å². The van der Waals surface area contributed by atoms with Crippen LogP contribution in [0.25, 0.3) is 0 Å². The van der Waals surface area contributed by atoms with Gasteiger partial charge in [0.2, 0.25) is 5.91 Å². The molecule has 0 aliphatic carbocycles. The molecule has 0 atom stereocenters. The van der Waals surface area contributed by atoms with Crippen LogP contribution >= 0.6 is 23.4 Å². The smallest absolute Gasteiger partial charge is 0.330 e. The Bertz CT molecular complexity index is 1010. The number of hydrogen-bond donors (Lipinski definition) is 2. The average Bonchev–Trinajstić information content (AvgIpc) is 2.70. The summed E-state index contributed by atoms with van der Waals surface area (Å²) in [6.07, 6.45) is 1.51. The van der Waals surface area contributed by atoms with Gasteiger partial charge in [0.25, 0.3) is 5.56 Å². The molecule has 0 saturated carbocycles. The van der Waals surface area contributed by atoms with Crippen molar-refractivity contribution in [2.75, 3.05) is 36.6 Å². The fraction of sp³-hybridized carbons (Fsp3) is 0.421. The maximum atomic E-state index is 13.3. The molecule has 30 heavy (non-hydrogen) atoms. The minimum atomic E-state index is -0.746. The van der Waals surface area contributed by atoms with Crippen molar-refractivity contribution in [3.8, 4) is 0 Å². The van der Waals surface area contributed by atoms with E-state index in [1.54, 1.807) is 0 Å². The zero-order valence-corrected chi connectivity index (χ0v) is 18.3. The number of nitrogens with one attached hydrogen (secondary N) is 1. The molecule has 3 N–H and O–H groups in total. The largest absolute Gasteiger partial charge is 0.383 e. The highest BCUT2D eigenvalue weighted by Crippen LogP contribution is 2.25. The van der Waals surface area contributed by atoms with Gasteiger partial charge in [-0.2, -0.15) is 0 Å². The molecule has 0 radical (unpaired) electrons. The summed E-state index contributed by atoms with van der Waals surface area (Å²) in [5.41, 5.74) is 4.66. The molecule has 0 bridgehead atoms. The summed E-state index contributed by atoms with van der Waals surface area (Å²) < 4.78 is 19.6. The number of carbonyl (C=O) groups excluding carboxylic acids is 1. The first-order valence-corrected chi connectivity index (χ1v) is 10.7. The number of rotatable bonds is 10. The van der Waals surface area contributed by atoms with Gasteiger partial charge in [0, 0.05) is 25.1 Å². The molecule has 1 aromatic carbocycles. The molecule has 1 amide bonds. The van der Waals surface area contributed by atoms with Gasteiger partial charge >= 0.3 is 5.69 Å². The van der Waals surface area contributed by atoms with E-state index in [4.69, 9.17) is 22.1 Å². The summed E-state index contributed by atoms with van der Waals surface area (Å²) in [5, 5.41) is -0.0487. The van der Waals surface area contributed by atoms with Crippen LogP contribution in [0.4, 0.5) is 15.9 Å². The van der Waals surface area contributed by atoms with Crippen molar-refractivity contribution in [2.24, 2.45) is 0 Å². The van der Waals surface area contributed by atoms with E-state index >= 15 is 0 Å². The van der Waals surface area contributed by atoms with Crippen LogP contribution in [0, 0.1) is 5.82 Å². The van der Waals surface area contributed by atoms with Crippen LogP contribution in [-0.4, -0.2) is 41.5 Å². The number of methoxy groups -OCH3 is 1. The van der Waals surface area contributed by atoms with Crippen molar-refractivity contribution >= 4 is 40.8 Å². The first-order chi connectivity index (χ1) is 14.3. The second-order valence-corrected chi connectivity index (χ2v) is 7.86. The molecule has 0 aliphatic heterocycles. The lowest BCUT2D eigenvalue weighted by molar-refractivity contribution is -0.116. The Hall–Kier alpha value is -2.30. The van der Waals surface area contributed by atoms with E-state index in [1.807, 2.05) is 6.92 Å². The Morgan fingerprint density at radius 1 is 1.40 bits per heavy atom. The van der Waals surface area contributed by atoms with Crippen molar-refractivity contribution in [1.29, 1.82) is 0 Å². The van der Waals surface area contributed by atoms with Crippen molar-refractivity contribution in [3.05, 3.63) is 49.9 Å². The van der Waals surface area contributed by atoms with Gasteiger partial charge in [-0.25, -0.2) is 9.18 Å². The fourth-order valence-corrected chi connectivity index (χ4v) is 3.77. The van der Waals surface area contributed by atoms with Crippen LogP contribution in [0.1, 0.15) is 19.8 Å². The number of hydrogen-bond acceptors (Lipinski definition) is 6. The molecule has 164 valence electrons. The lowest BCUT2D eigenvalue weighted by Gasteiger charge is -2.24. The van der Waals surface area contributed by atoms with Crippen molar-refractivity contribution in [1.82, 2.24) is 9.55 Å². The van der Waals surface area contributed by atoms with Crippen LogP contribution in [0.15, 0.2) is 32.7 Å². The number of halogens is 2. The second kappa shape index (κ2) is 11.2. The predicted octanol–water partition coefficient (Wildman–Crippen LogP) is 2.48. The topological polar surface area (TPSA) is 110 Å². The molecule has 0 saturated heterocycles. The molecule has 11 heteroatoms. The van der Waals surface area contributed by atoms with Crippen LogP contribution in [0.5, 0.6) is 0 Å². The van der Waals surface area contributed by atoms with E-state index in [9.17, 15) is 18.8 Å². The summed E-state index contributed by atoms with van der Waals surface area (Å²) in [6.45, 7) is 2.51. The maximum Gasteiger partial charge on any atom is 0.330 e. The Morgan fingerprint density at radius 3 is 2.77 bits per heavy atom. The number of amides is 1. The highest BCUT2D eigenvalue weighted by Gasteiger charge is 2.24. The van der Waals surface area contributed by atoms with E-state index in [1.165, 1.54) is 34.8 Å². The normalized spacial score (nSPS) is 10.9. The monoisotopic (exact) mass is 458 g/mol. The zero-order valence-electron chi connectivity index (χ0n) is 16.7. The first-order valence-electron chi connectivity index (χ1n) is 9.29. The Balaban J connectivity index is 2.34. The minimum Gasteiger partial charge on any atom is -0.383 e. The van der Waals surface area contributed by atoms with Crippen LogP contribution in [-0.2, 0) is 16.1 Å². The number of ether oxygens (including phenoxy) is 1.